The highest BCUT2D eigenvalue weighted by atomic mass is 15.3. The Kier molecular flexibility index (Phi) is 3.77. The van der Waals surface area contributed by atoms with E-state index in [1.807, 2.05) is 12.4 Å². The van der Waals surface area contributed by atoms with Gasteiger partial charge in [-0.2, -0.15) is 10.4 Å². The molecule has 1 saturated heterocycles. The quantitative estimate of drug-likeness (QED) is 0.900. The maximum Gasteiger partial charge on any atom is 0.250 e. The summed E-state index contributed by atoms with van der Waals surface area (Å²) in [5, 5.41) is 17.1. The van der Waals surface area contributed by atoms with Crippen molar-refractivity contribution < 1.29 is 0 Å². The summed E-state index contributed by atoms with van der Waals surface area (Å²) in [7, 11) is 0. The minimum atomic E-state index is 0.442. The van der Waals surface area contributed by atoms with Gasteiger partial charge in [0.1, 0.15) is 6.07 Å². The molecular formula is C16H19N7. The van der Waals surface area contributed by atoms with Gasteiger partial charge in [0, 0.05) is 56.6 Å². The van der Waals surface area contributed by atoms with Gasteiger partial charge in [-0.1, -0.05) is 0 Å². The molecule has 0 amide bonds. The lowest BCUT2D eigenvalue weighted by atomic mass is 10.2. The van der Waals surface area contributed by atoms with Gasteiger partial charge in [0.05, 0.1) is 17.5 Å². The molecule has 1 N–H and O–H groups in total. The summed E-state index contributed by atoms with van der Waals surface area (Å²) in [4.78, 5) is 11.2. The molecule has 0 radical (unpaired) electrons. The minimum absolute atomic E-state index is 0.442. The van der Waals surface area contributed by atoms with Crippen molar-refractivity contribution in [3.05, 3.63) is 35.4 Å². The Bertz CT molecular complexity index is 718. The zero-order valence-electron chi connectivity index (χ0n) is 12.9. The Morgan fingerprint density at radius 1 is 1.22 bits per heavy atom. The molecule has 118 valence electrons. The van der Waals surface area contributed by atoms with Crippen molar-refractivity contribution in [3.8, 4) is 12.0 Å². The highest BCUT2D eigenvalue weighted by molar-refractivity contribution is 5.37. The van der Waals surface area contributed by atoms with Gasteiger partial charge in [-0.3, -0.25) is 4.90 Å². The normalized spacial score (nSPS) is 18.7. The largest absolute Gasteiger partial charge is 0.314 e. The second-order valence-corrected chi connectivity index (χ2v) is 6.18. The van der Waals surface area contributed by atoms with Gasteiger partial charge in [0.2, 0.25) is 5.95 Å². The average molecular weight is 309 g/mol. The van der Waals surface area contributed by atoms with Crippen molar-refractivity contribution in [2.24, 2.45) is 0 Å². The minimum Gasteiger partial charge on any atom is -0.314 e. The van der Waals surface area contributed by atoms with Crippen LogP contribution in [0.4, 0.5) is 0 Å². The first-order valence-electron chi connectivity index (χ1n) is 8.07. The van der Waals surface area contributed by atoms with E-state index in [0.29, 0.717) is 17.4 Å². The van der Waals surface area contributed by atoms with Crippen molar-refractivity contribution in [2.75, 3.05) is 26.2 Å². The molecule has 2 fully saturated rings. The van der Waals surface area contributed by atoms with Crippen LogP contribution in [-0.4, -0.2) is 50.8 Å². The number of nitrogens with one attached hydrogen (secondary N) is 1. The molecule has 1 saturated carbocycles. The SMILES string of the molecule is N#Cc1cn(-c2ncc(CN3CCNCC3)cn2)nc1C1CC1. The highest BCUT2D eigenvalue weighted by Crippen LogP contribution is 2.40. The van der Waals surface area contributed by atoms with Crippen LogP contribution in [0, 0.1) is 11.3 Å². The fourth-order valence-corrected chi connectivity index (χ4v) is 2.91. The highest BCUT2D eigenvalue weighted by Gasteiger charge is 2.29. The zero-order chi connectivity index (χ0) is 15.6. The van der Waals surface area contributed by atoms with Crippen LogP contribution in [0.2, 0.25) is 0 Å². The van der Waals surface area contributed by atoms with Crippen molar-refractivity contribution in [3.63, 3.8) is 0 Å². The Morgan fingerprint density at radius 2 is 1.96 bits per heavy atom. The van der Waals surface area contributed by atoms with Crippen molar-refractivity contribution in [1.82, 2.24) is 30.0 Å². The number of nitrogens with zero attached hydrogens (tertiary/aromatic N) is 6. The Hall–Kier alpha value is -2.30. The van der Waals surface area contributed by atoms with E-state index in [-0.39, 0.29) is 0 Å². The summed E-state index contributed by atoms with van der Waals surface area (Å²) < 4.78 is 1.63. The molecule has 0 spiro atoms. The lowest BCUT2D eigenvalue weighted by Gasteiger charge is -2.26. The van der Waals surface area contributed by atoms with Gasteiger partial charge in [-0.15, -0.1) is 0 Å². The topological polar surface area (TPSA) is 82.7 Å². The molecule has 2 aliphatic rings. The molecule has 23 heavy (non-hydrogen) atoms. The molecular weight excluding hydrogens is 290 g/mol. The van der Waals surface area contributed by atoms with Gasteiger partial charge >= 0.3 is 0 Å². The number of aromatic nitrogens is 4. The Labute approximate surface area is 135 Å². The summed E-state index contributed by atoms with van der Waals surface area (Å²) in [5.74, 6) is 0.968. The first-order chi connectivity index (χ1) is 11.3. The van der Waals surface area contributed by atoms with Crippen LogP contribution in [0.5, 0.6) is 0 Å². The third-order valence-corrected chi connectivity index (χ3v) is 4.34. The number of hydrogen-bond acceptors (Lipinski definition) is 6. The molecule has 4 rings (SSSR count). The third kappa shape index (κ3) is 3.09. The number of nitriles is 1. The summed E-state index contributed by atoms with van der Waals surface area (Å²) in [6.45, 7) is 5.05. The van der Waals surface area contributed by atoms with E-state index < -0.39 is 0 Å². The number of hydrogen-bond donors (Lipinski definition) is 1. The van der Waals surface area contributed by atoms with E-state index in [0.717, 1.165) is 56.8 Å². The first kappa shape index (κ1) is 14.3. The predicted molar refractivity (Wildman–Crippen MR) is 84.0 cm³/mol. The van der Waals surface area contributed by atoms with E-state index in [4.69, 9.17) is 0 Å². The summed E-state index contributed by atoms with van der Waals surface area (Å²) in [6.07, 6.45) is 7.69. The molecule has 2 aromatic heterocycles. The van der Waals surface area contributed by atoms with E-state index >= 15 is 0 Å². The molecule has 2 aromatic rings. The fourth-order valence-electron chi connectivity index (χ4n) is 2.91. The predicted octanol–water partition coefficient (Wildman–Crippen LogP) is 0.817. The molecule has 0 unspecified atom stereocenters. The maximum atomic E-state index is 9.23. The van der Waals surface area contributed by atoms with Crippen LogP contribution < -0.4 is 5.32 Å². The van der Waals surface area contributed by atoms with Crippen LogP contribution >= 0.6 is 0 Å². The fraction of sp³-hybridized carbons (Fsp3) is 0.500. The van der Waals surface area contributed by atoms with Gasteiger partial charge in [0.15, 0.2) is 0 Å². The van der Waals surface area contributed by atoms with Gasteiger partial charge in [0.25, 0.3) is 0 Å². The van der Waals surface area contributed by atoms with Crippen LogP contribution in [-0.2, 0) is 6.54 Å². The second-order valence-electron chi connectivity index (χ2n) is 6.18. The lowest BCUT2D eigenvalue weighted by molar-refractivity contribution is 0.232. The summed E-state index contributed by atoms with van der Waals surface area (Å²) in [6, 6.07) is 2.22. The molecule has 0 aromatic carbocycles. The molecule has 1 aliphatic heterocycles. The van der Waals surface area contributed by atoms with Crippen molar-refractivity contribution >= 4 is 0 Å². The molecule has 7 nitrogen and oxygen atoms in total. The van der Waals surface area contributed by atoms with E-state index in [2.05, 4.69) is 31.4 Å². The van der Waals surface area contributed by atoms with Crippen LogP contribution in [0.1, 0.15) is 35.6 Å². The van der Waals surface area contributed by atoms with Crippen molar-refractivity contribution in [1.29, 1.82) is 5.26 Å². The van der Waals surface area contributed by atoms with Gasteiger partial charge in [-0.05, 0) is 12.8 Å². The monoisotopic (exact) mass is 309 g/mol. The number of rotatable bonds is 4. The van der Waals surface area contributed by atoms with Crippen molar-refractivity contribution in [2.45, 2.75) is 25.3 Å². The van der Waals surface area contributed by atoms with Crippen LogP contribution in [0.3, 0.4) is 0 Å². The molecule has 7 heteroatoms. The van der Waals surface area contributed by atoms with Crippen LogP contribution in [0.25, 0.3) is 5.95 Å². The molecule has 3 heterocycles. The molecule has 0 bridgehead atoms. The average Bonchev–Trinajstić information content (AvgIpc) is 3.35. The van der Waals surface area contributed by atoms with Gasteiger partial charge < -0.3 is 5.32 Å². The summed E-state index contributed by atoms with van der Waals surface area (Å²) in [5.41, 5.74) is 2.63. The van der Waals surface area contributed by atoms with E-state index in [1.165, 1.54) is 0 Å². The Morgan fingerprint density at radius 3 is 2.61 bits per heavy atom. The smallest absolute Gasteiger partial charge is 0.250 e. The Balaban J connectivity index is 1.50. The maximum absolute atomic E-state index is 9.23. The van der Waals surface area contributed by atoms with E-state index in [9.17, 15) is 5.26 Å². The number of piperazine rings is 1. The zero-order valence-corrected chi connectivity index (χ0v) is 12.9. The molecule has 1 aliphatic carbocycles. The molecule has 0 atom stereocenters. The third-order valence-electron chi connectivity index (χ3n) is 4.34. The second kappa shape index (κ2) is 6.07. The van der Waals surface area contributed by atoms with Gasteiger partial charge in [-0.25, -0.2) is 14.6 Å². The lowest BCUT2D eigenvalue weighted by Crippen LogP contribution is -2.42. The van der Waals surface area contributed by atoms with Crippen LogP contribution in [0.15, 0.2) is 18.6 Å². The van der Waals surface area contributed by atoms with E-state index in [1.54, 1.807) is 10.9 Å². The summed E-state index contributed by atoms with van der Waals surface area (Å²) >= 11 is 0. The first-order valence-corrected chi connectivity index (χ1v) is 8.07. The standard InChI is InChI=1S/C16H19N7/c17-7-14-11-23(21-15(14)13-1-2-13)16-19-8-12(9-20-16)10-22-5-3-18-4-6-22/h8-9,11,13,18H,1-6,10H2.